The van der Waals surface area contributed by atoms with Crippen molar-refractivity contribution in [3.8, 4) is 11.3 Å². The summed E-state index contributed by atoms with van der Waals surface area (Å²) in [5.74, 6) is 0.164. The van der Waals surface area contributed by atoms with Gasteiger partial charge in [-0.05, 0) is 38.0 Å². The fourth-order valence-corrected chi connectivity index (χ4v) is 2.23. The van der Waals surface area contributed by atoms with Gasteiger partial charge in [0, 0.05) is 22.9 Å². The van der Waals surface area contributed by atoms with Gasteiger partial charge in [0.05, 0.1) is 5.69 Å². The first-order valence-corrected chi connectivity index (χ1v) is 7.07. The number of aryl methyl sites for hydroxylation is 1. The predicted molar refractivity (Wildman–Crippen MR) is 81.5 cm³/mol. The summed E-state index contributed by atoms with van der Waals surface area (Å²) in [6, 6.07) is 9.77. The second-order valence-electron chi connectivity index (χ2n) is 5.02. The van der Waals surface area contributed by atoms with Crippen molar-refractivity contribution < 1.29 is 4.79 Å². The number of hydrogen-bond acceptors (Lipinski definition) is 2. The van der Waals surface area contributed by atoms with Crippen LogP contribution in [0.2, 0.25) is 0 Å². The van der Waals surface area contributed by atoms with E-state index in [0.717, 1.165) is 35.5 Å². The van der Waals surface area contributed by atoms with Crippen molar-refractivity contribution >= 4 is 11.6 Å². The number of benzene rings is 1. The molecule has 2 N–H and O–H groups in total. The van der Waals surface area contributed by atoms with Crippen LogP contribution in [-0.4, -0.2) is 16.1 Å². The molecule has 0 aliphatic rings. The van der Waals surface area contributed by atoms with E-state index >= 15 is 0 Å². The van der Waals surface area contributed by atoms with Crippen LogP contribution < -0.4 is 5.32 Å². The van der Waals surface area contributed by atoms with Crippen molar-refractivity contribution in [3.05, 3.63) is 36.0 Å². The number of carbonyl (C=O) groups is 1. The number of rotatable bonds is 5. The Labute approximate surface area is 119 Å². The van der Waals surface area contributed by atoms with E-state index in [4.69, 9.17) is 0 Å². The summed E-state index contributed by atoms with van der Waals surface area (Å²) in [6.07, 6.45) is 1.72. The monoisotopic (exact) mass is 271 g/mol. The maximum absolute atomic E-state index is 12.1. The molecule has 0 unspecified atom stereocenters. The number of amides is 1. The van der Waals surface area contributed by atoms with Gasteiger partial charge < -0.3 is 5.32 Å². The Kier molecular flexibility index (Phi) is 4.56. The smallest absolute Gasteiger partial charge is 0.227 e. The predicted octanol–water partition coefficient (Wildman–Crippen LogP) is 3.76. The van der Waals surface area contributed by atoms with Crippen LogP contribution in [0.15, 0.2) is 30.3 Å². The molecule has 1 amide bonds. The Balaban J connectivity index is 2.16. The Morgan fingerprint density at radius 2 is 2.05 bits per heavy atom. The first-order chi connectivity index (χ1) is 9.63. The number of H-pyrrole nitrogens is 1. The molecule has 0 aliphatic heterocycles. The second kappa shape index (κ2) is 6.37. The standard InChI is InChI=1S/C16H21N3O/c1-4-12(5-2)16(20)17-14-8-6-7-13(10-14)15-9-11(3)18-19-15/h6-10,12H,4-5H2,1-3H3,(H,17,20)(H,18,19). The van der Waals surface area contributed by atoms with Gasteiger partial charge in [-0.1, -0.05) is 26.0 Å². The largest absolute Gasteiger partial charge is 0.326 e. The topological polar surface area (TPSA) is 57.8 Å². The lowest BCUT2D eigenvalue weighted by molar-refractivity contribution is -0.120. The van der Waals surface area contributed by atoms with Crippen LogP contribution in [0.4, 0.5) is 5.69 Å². The molecule has 1 aromatic heterocycles. The number of nitrogens with one attached hydrogen (secondary N) is 2. The third kappa shape index (κ3) is 3.26. The number of nitrogens with zero attached hydrogens (tertiary/aromatic N) is 1. The minimum atomic E-state index is 0.0753. The summed E-state index contributed by atoms with van der Waals surface area (Å²) in [7, 11) is 0. The van der Waals surface area contributed by atoms with Gasteiger partial charge in [-0.25, -0.2) is 0 Å². The maximum atomic E-state index is 12.1. The lowest BCUT2D eigenvalue weighted by Crippen LogP contribution is -2.21. The highest BCUT2D eigenvalue weighted by molar-refractivity contribution is 5.93. The van der Waals surface area contributed by atoms with Crippen LogP contribution in [0, 0.1) is 12.8 Å². The molecule has 2 aromatic rings. The summed E-state index contributed by atoms with van der Waals surface area (Å²) in [5, 5.41) is 10.1. The van der Waals surface area contributed by atoms with E-state index in [1.807, 2.05) is 51.1 Å². The highest BCUT2D eigenvalue weighted by atomic mass is 16.1. The van der Waals surface area contributed by atoms with Crippen molar-refractivity contribution in [2.75, 3.05) is 5.32 Å². The molecule has 106 valence electrons. The van der Waals surface area contributed by atoms with E-state index in [9.17, 15) is 4.79 Å². The van der Waals surface area contributed by atoms with Crippen LogP contribution >= 0.6 is 0 Å². The molecule has 0 saturated heterocycles. The Morgan fingerprint density at radius 1 is 1.30 bits per heavy atom. The molecular formula is C16H21N3O. The lowest BCUT2D eigenvalue weighted by Gasteiger charge is -2.13. The average molecular weight is 271 g/mol. The Morgan fingerprint density at radius 3 is 2.65 bits per heavy atom. The van der Waals surface area contributed by atoms with Crippen LogP contribution in [0.1, 0.15) is 32.4 Å². The number of hydrogen-bond donors (Lipinski definition) is 2. The molecule has 4 heteroatoms. The first kappa shape index (κ1) is 14.3. The molecule has 2 rings (SSSR count). The Bertz CT molecular complexity index is 585. The van der Waals surface area contributed by atoms with Gasteiger partial charge in [0.25, 0.3) is 0 Å². The van der Waals surface area contributed by atoms with Crippen molar-refractivity contribution in [1.29, 1.82) is 0 Å². The van der Waals surface area contributed by atoms with Crippen LogP contribution in [-0.2, 0) is 4.79 Å². The SMILES string of the molecule is CCC(CC)C(=O)Nc1cccc(-c2cc(C)[nH]n2)c1. The van der Waals surface area contributed by atoms with Crippen molar-refractivity contribution in [1.82, 2.24) is 10.2 Å². The summed E-state index contributed by atoms with van der Waals surface area (Å²) in [4.78, 5) is 12.1. The molecule has 20 heavy (non-hydrogen) atoms. The van der Waals surface area contributed by atoms with E-state index in [0.29, 0.717) is 0 Å². The lowest BCUT2D eigenvalue weighted by atomic mass is 10.0. The minimum absolute atomic E-state index is 0.0753. The first-order valence-electron chi connectivity index (χ1n) is 7.07. The van der Waals surface area contributed by atoms with Crippen molar-refractivity contribution in [3.63, 3.8) is 0 Å². The van der Waals surface area contributed by atoms with Crippen LogP contribution in [0.5, 0.6) is 0 Å². The van der Waals surface area contributed by atoms with Crippen LogP contribution in [0.3, 0.4) is 0 Å². The van der Waals surface area contributed by atoms with Crippen LogP contribution in [0.25, 0.3) is 11.3 Å². The van der Waals surface area contributed by atoms with Crippen molar-refractivity contribution in [2.24, 2.45) is 5.92 Å². The summed E-state index contributed by atoms with van der Waals surface area (Å²) in [5.41, 5.74) is 3.73. The fourth-order valence-electron chi connectivity index (χ4n) is 2.23. The van der Waals surface area contributed by atoms with Gasteiger partial charge in [0.1, 0.15) is 0 Å². The molecule has 0 bridgehead atoms. The quantitative estimate of drug-likeness (QED) is 0.870. The molecule has 0 spiro atoms. The summed E-state index contributed by atoms with van der Waals surface area (Å²) >= 11 is 0. The highest BCUT2D eigenvalue weighted by Crippen LogP contribution is 2.22. The highest BCUT2D eigenvalue weighted by Gasteiger charge is 2.14. The van der Waals surface area contributed by atoms with Gasteiger partial charge >= 0.3 is 0 Å². The number of carbonyl (C=O) groups excluding carboxylic acids is 1. The number of aromatic nitrogens is 2. The molecule has 4 nitrogen and oxygen atoms in total. The molecule has 1 heterocycles. The van der Waals surface area contributed by atoms with Gasteiger partial charge in [0.2, 0.25) is 5.91 Å². The molecule has 0 aliphatic carbocycles. The molecule has 0 saturated carbocycles. The van der Waals surface area contributed by atoms with Gasteiger partial charge in [0.15, 0.2) is 0 Å². The van der Waals surface area contributed by atoms with Gasteiger partial charge in [-0.3, -0.25) is 9.89 Å². The van der Waals surface area contributed by atoms with Gasteiger partial charge in [-0.2, -0.15) is 5.10 Å². The van der Waals surface area contributed by atoms with Crippen molar-refractivity contribution in [2.45, 2.75) is 33.6 Å². The number of anilines is 1. The van der Waals surface area contributed by atoms with Gasteiger partial charge in [-0.15, -0.1) is 0 Å². The van der Waals surface area contributed by atoms with E-state index < -0.39 is 0 Å². The zero-order valence-electron chi connectivity index (χ0n) is 12.2. The van der Waals surface area contributed by atoms with E-state index in [1.54, 1.807) is 0 Å². The van der Waals surface area contributed by atoms with E-state index in [1.165, 1.54) is 0 Å². The second-order valence-corrected chi connectivity index (χ2v) is 5.02. The third-order valence-corrected chi connectivity index (χ3v) is 3.49. The zero-order chi connectivity index (χ0) is 14.5. The Hall–Kier alpha value is -2.10. The minimum Gasteiger partial charge on any atom is -0.326 e. The van der Waals surface area contributed by atoms with E-state index in [2.05, 4.69) is 15.5 Å². The molecule has 0 radical (unpaired) electrons. The fraction of sp³-hybridized carbons (Fsp3) is 0.375. The molecule has 0 fully saturated rings. The average Bonchev–Trinajstić information content (AvgIpc) is 2.87. The third-order valence-electron chi connectivity index (χ3n) is 3.49. The maximum Gasteiger partial charge on any atom is 0.227 e. The molecule has 1 aromatic carbocycles. The van der Waals surface area contributed by atoms with E-state index in [-0.39, 0.29) is 11.8 Å². The summed E-state index contributed by atoms with van der Waals surface area (Å²) < 4.78 is 0. The number of aromatic amines is 1. The zero-order valence-corrected chi connectivity index (χ0v) is 12.2. The summed E-state index contributed by atoms with van der Waals surface area (Å²) in [6.45, 7) is 6.04. The molecular weight excluding hydrogens is 250 g/mol. The normalized spacial score (nSPS) is 10.8. The molecule has 0 atom stereocenters.